The molecule has 0 aromatic heterocycles. The van der Waals surface area contributed by atoms with Gasteiger partial charge in [-0.1, -0.05) is 19.1 Å². The molecule has 106 valence electrons. The van der Waals surface area contributed by atoms with Gasteiger partial charge in [0.25, 0.3) is 0 Å². The minimum absolute atomic E-state index is 0.230. The molecule has 1 rings (SSSR count). The number of carbonyl (C=O) groups is 2. The third kappa shape index (κ3) is 6.79. The molecule has 1 aliphatic rings. The van der Waals surface area contributed by atoms with E-state index in [1.807, 2.05) is 17.2 Å². The van der Waals surface area contributed by atoms with Crippen molar-refractivity contribution in [3.8, 4) is 0 Å². The molecule has 0 atom stereocenters. The maximum Gasteiger partial charge on any atom is 0.330 e. The molecule has 1 fully saturated rings. The molecule has 0 N–H and O–H groups in total. The largest absolute Gasteiger partial charge is 0.463 e. The highest BCUT2D eigenvalue weighted by atomic mass is 16.5. The molecule has 19 heavy (non-hydrogen) atoms. The average Bonchev–Trinajstić information content (AvgIpc) is 2.62. The third-order valence-corrected chi connectivity index (χ3v) is 3.07. The lowest BCUT2D eigenvalue weighted by molar-refractivity contribution is -0.137. The van der Waals surface area contributed by atoms with Crippen molar-refractivity contribution in [2.24, 2.45) is 0 Å². The minimum atomic E-state index is -0.370. The van der Waals surface area contributed by atoms with Crippen LogP contribution >= 0.6 is 0 Å². The van der Waals surface area contributed by atoms with Crippen LogP contribution < -0.4 is 0 Å². The number of hydrogen-bond acceptors (Lipinski definition) is 3. The van der Waals surface area contributed by atoms with Crippen LogP contribution in [-0.2, 0) is 14.3 Å². The molecule has 0 radical (unpaired) electrons. The standard InChI is InChI=1S/C15H23NO3/c1-2-15(18)19-13-9-4-3-7-11-16-12-8-5-6-10-14(16)17/h2,7,11H,1,3-6,8-10,12-13H2/b11-7+. The molecular formula is C15H23NO3. The molecule has 4 heteroatoms. The second-order valence-corrected chi connectivity index (χ2v) is 4.65. The van der Waals surface area contributed by atoms with Crippen LogP contribution in [0.5, 0.6) is 0 Å². The van der Waals surface area contributed by atoms with Crippen molar-refractivity contribution in [2.75, 3.05) is 13.2 Å². The van der Waals surface area contributed by atoms with Gasteiger partial charge in [-0.05, 0) is 32.1 Å². The van der Waals surface area contributed by atoms with E-state index in [4.69, 9.17) is 4.74 Å². The summed E-state index contributed by atoms with van der Waals surface area (Å²) in [5.41, 5.74) is 0. The van der Waals surface area contributed by atoms with E-state index in [0.29, 0.717) is 13.0 Å². The van der Waals surface area contributed by atoms with Crippen molar-refractivity contribution >= 4 is 11.9 Å². The summed E-state index contributed by atoms with van der Waals surface area (Å²) >= 11 is 0. The lowest BCUT2D eigenvalue weighted by Crippen LogP contribution is -2.24. The Kier molecular flexibility index (Phi) is 7.63. The van der Waals surface area contributed by atoms with E-state index in [2.05, 4.69) is 6.58 Å². The highest BCUT2D eigenvalue weighted by molar-refractivity contribution is 5.81. The van der Waals surface area contributed by atoms with Crippen LogP contribution in [0.2, 0.25) is 0 Å². The molecule has 1 saturated heterocycles. The summed E-state index contributed by atoms with van der Waals surface area (Å²) in [4.78, 5) is 24.3. The Balaban J connectivity index is 2.10. The number of likely N-dealkylation sites (tertiary alicyclic amines) is 1. The number of carbonyl (C=O) groups excluding carboxylic acids is 2. The summed E-state index contributed by atoms with van der Waals surface area (Å²) in [6, 6.07) is 0. The fraction of sp³-hybridized carbons (Fsp3) is 0.600. The molecule has 0 spiro atoms. The van der Waals surface area contributed by atoms with Crippen molar-refractivity contribution in [3.63, 3.8) is 0 Å². The first kappa shape index (κ1) is 15.5. The monoisotopic (exact) mass is 265 g/mol. The number of ether oxygens (including phenoxy) is 1. The number of hydrogen-bond donors (Lipinski definition) is 0. The molecule has 0 bridgehead atoms. The quantitative estimate of drug-likeness (QED) is 0.404. The van der Waals surface area contributed by atoms with E-state index in [1.54, 1.807) is 0 Å². The second kappa shape index (κ2) is 9.36. The third-order valence-electron chi connectivity index (χ3n) is 3.07. The van der Waals surface area contributed by atoms with Crippen molar-refractivity contribution < 1.29 is 14.3 Å². The normalized spacial score (nSPS) is 16.4. The summed E-state index contributed by atoms with van der Waals surface area (Å²) in [6.07, 6.45) is 11.7. The van der Waals surface area contributed by atoms with Gasteiger partial charge in [0.1, 0.15) is 0 Å². The molecule has 0 aromatic rings. The summed E-state index contributed by atoms with van der Waals surface area (Å²) < 4.78 is 4.88. The molecular weight excluding hydrogens is 242 g/mol. The van der Waals surface area contributed by atoms with Gasteiger partial charge in [0.05, 0.1) is 6.61 Å². The Bertz CT molecular complexity index is 336. The predicted octanol–water partition coefficient (Wildman–Crippen LogP) is 2.80. The van der Waals surface area contributed by atoms with Gasteiger partial charge >= 0.3 is 5.97 Å². The van der Waals surface area contributed by atoms with Gasteiger partial charge in [-0.15, -0.1) is 0 Å². The number of allylic oxidation sites excluding steroid dienone is 1. The predicted molar refractivity (Wildman–Crippen MR) is 74.3 cm³/mol. The Hall–Kier alpha value is -1.58. The van der Waals surface area contributed by atoms with Gasteiger partial charge in [-0.3, -0.25) is 4.79 Å². The fourth-order valence-corrected chi connectivity index (χ4v) is 1.96. The van der Waals surface area contributed by atoms with Crippen LogP contribution in [0.4, 0.5) is 0 Å². The zero-order valence-corrected chi connectivity index (χ0v) is 11.5. The zero-order chi connectivity index (χ0) is 13.9. The van der Waals surface area contributed by atoms with Gasteiger partial charge in [0.15, 0.2) is 0 Å². The van der Waals surface area contributed by atoms with Crippen LogP contribution in [0.1, 0.15) is 44.9 Å². The zero-order valence-electron chi connectivity index (χ0n) is 11.5. The van der Waals surface area contributed by atoms with E-state index in [1.165, 1.54) is 6.08 Å². The summed E-state index contributed by atoms with van der Waals surface area (Å²) in [5.74, 6) is -0.139. The number of unbranched alkanes of at least 4 members (excludes halogenated alkanes) is 2. The summed E-state index contributed by atoms with van der Waals surface area (Å²) in [6.45, 7) is 4.60. The first-order valence-electron chi connectivity index (χ1n) is 6.99. The van der Waals surface area contributed by atoms with Crippen LogP contribution in [0.25, 0.3) is 0 Å². The second-order valence-electron chi connectivity index (χ2n) is 4.65. The van der Waals surface area contributed by atoms with Crippen LogP contribution in [0.3, 0.4) is 0 Å². The lowest BCUT2D eigenvalue weighted by Gasteiger charge is -2.14. The Morgan fingerprint density at radius 3 is 2.95 bits per heavy atom. The number of nitrogens with zero attached hydrogens (tertiary/aromatic N) is 1. The molecule has 1 amide bonds. The van der Waals surface area contributed by atoms with Gasteiger partial charge < -0.3 is 9.64 Å². The maximum atomic E-state index is 11.7. The van der Waals surface area contributed by atoms with E-state index >= 15 is 0 Å². The lowest BCUT2D eigenvalue weighted by atomic mass is 10.2. The van der Waals surface area contributed by atoms with Crippen LogP contribution in [0, 0.1) is 0 Å². The Morgan fingerprint density at radius 1 is 1.32 bits per heavy atom. The number of esters is 1. The molecule has 0 saturated carbocycles. The van der Waals surface area contributed by atoms with E-state index < -0.39 is 0 Å². The fourth-order valence-electron chi connectivity index (χ4n) is 1.96. The van der Waals surface area contributed by atoms with E-state index in [9.17, 15) is 9.59 Å². The van der Waals surface area contributed by atoms with Gasteiger partial charge in [0.2, 0.25) is 5.91 Å². The van der Waals surface area contributed by atoms with E-state index in [0.717, 1.165) is 45.1 Å². The van der Waals surface area contributed by atoms with Crippen molar-refractivity contribution in [2.45, 2.75) is 44.9 Å². The maximum absolute atomic E-state index is 11.7. The van der Waals surface area contributed by atoms with Crippen molar-refractivity contribution in [1.82, 2.24) is 4.90 Å². The first-order chi connectivity index (χ1) is 9.24. The number of amides is 1. The highest BCUT2D eigenvalue weighted by Gasteiger charge is 2.13. The molecule has 0 unspecified atom stereocenters. The molecule has 1 heterocycles. The highest BCUT2D eigenvalue weighted by Crippen LogP contribution is 2.11. The van der Waals surface area contributed by atoms with Crippen molar-refractivity contribution in [1.29, 1.82) is 0 Å². The van der Waals surface area contributed by atoms with E-state index in [-0.39, 0.29) is 11.9 Å². The Labute approximate surface area is 115 Å². The van der Waals surface area contributed by atoms with Crippen molar-refractivity contribution in [3.05, 3.63) is 24.9 Å². The molecule has 1 aliphatic heterocycles. The summed E-state index contributed by atoms with van der Waals surface area (Å²) in [5, 5.41) is 0. The smallest absolute Gasteiger partial charge is 0.330 e. The molecule has 4 nitrogen and oxygen atoms in total. The van der Waals surface area contributed by atoms with Gasteiger partial charge in [0, 0.05) is 25.2 Å². The van der Waals surface area contributed by atoms with Gasteiger partial charge in [-0.2, -0.15) is 0 Å². The topological polar surface area (TPSA) is 46.6 Å². The summed E-state index contributed by atoms with van der Waals surface area (Å²) in [7, 11) is 0. The molecule has 0 aliphatic carbocycles. The minimum Gasteiger partial charge on any atom is -0.463 e. The average molecular weight is 265 g/mol. The van der Waals surface area contributed by atoms with Crippen LogP contribution in [-0.4, -0.2) is 29.9 Å². The van der Waals surface area contributed by atoms with Gasteiger partial charge in [-0.25, -0.2) is 4.79 Å². The molecule has 0 aromatic carbocycles. The number of rotatable bonds is 7. The first-order valence-corrected chi connectivity index (χ1v) is 6.99. The Morgan fingerprint density at radius 2 is 2.16 bits per heavy atom. The SMILES string of the molecule is C=CC(=O)OCCCC/C=C/N1CCCCCC1=O. The van der Waals surface area contributed by atoms with Crippen LogP contribution in [0.15, 0.2) is 24.9 Å².